The van der Waals surface area contributed by atoms with Crippen molar-refractivity contribution in [2.45, 2.75) is 6.61 Å². The Bertz CT molecular complexity index is 739. The molecule has 3 heteroatoms. The van der Waals surface area contributed by atoms with Crippen LogP contribution >= 0.6 is 0 Å². The van der Waals surface area contributed by atoms with E-state index in [1.165, 1.54) is 17.9 Å². The van der Waals surface area contributed by atoms with Gasteiger partial charge in [0.05, 0.1) is 13.7 Å². The summed E-state index contributed by atoms with van der Waals surface area (Å²) in [6, 6.07) is 18.6. The Balaban J connectivity index is 2.05. The van der Waals surface area contributed by atoms with Crippen molar-refractivity contribution < 1.29 is 14.3 Å². The van der Waals surface area contributed by atoms with Crippen molar-refractivity contribution in [3.8, 4) is 0 Å². The lowest BCUT2D eigenvalue weighted by molar-refractivity contribution is -0.146. The number of fused-ring (bicyclic) bond motifs is 2. The number of esters is 1. The first kappa shape index (κ1) is 13.6. The first-order valence-electron chi connectivity index (χ1n) is 6.83. The van der Waals surface area contributed by atoms with E-state index >= 15 is 0 Å². The maximum atomic E-state index is 11.2. The van der Waals surface area contributed by atoms with Crippen LogP contribution in [0.25, 0.3) is 21.5 Å². The minimum Gasteiger partial charge on any atom is -0.467 e. The summed E-state index contributed by atoms with van der Waals surface area (Å²) in [5, 5.41) is 4.66. The molecule has 0 heterocycles. The van der Waals surface area contributed by atoms with E-state index in [1.54, 1.807) is 0 Å². The predicted molar refractivity (Wildman–Crippen MR) is 83.1 cm³/mol. The molecule has 0 radical (unpaired) electrons. The lowest BCUT2D eigenvalue weighted by atomic mass is 9.97. The molecule has 0 bridgehead atoms. The number of hydrogen-bond acceptors (Lipinski definition) is 3. The number of rotatable bonds is 4. The quantitative estimate of drug-likeness (QED) is 0.540. The third-order valence-electron chi connectivity index (χ3n) is 3.58. The van der Waals surface area contributed by atoms with E-state index in [-0.39, 0.29) is 12.6 Å². The van der Waals surface area contributed by atoms with Crippen molar-refractivity contribution in [3.63, 3.8) is 0 Å². The monoisotopic (exact) mass is 280 g/mol. The summed E-state index contributed by atoms with van der Waals surface area (Å²) in [5.74, 6) is -0.362. The molecule has 0 aliphatic rings. The molecule has 0 fully saturated rings. The first-order valence-corrected chi connectivity index (χ1v) is 6.83. The number of carbonyl (C=O) groups is 1. The maximum absolute atomic E-state index is 11.2. The smallest absolute Gasteiger partial charge is 0.331 e. The molecule has 106 valence electrons. The number of ether oxygens (including phenoxy) is 2. The normalized spacial score (nSPS) is 10.9. The summed E-state index contributed by atoms with van der Waals surface area (Å²) in [4.78, 5) is 11.2. The van der Waals surface area contributed by atoms with Gasteiger partial charge < -0.3 is 9.47 Å². The van der Waals surface area contributed by atoms with Gasteiger partial charge >= 0.3 is 5.97 Å². The van der Waals surface area contributed by atoms with Crippen LogP contribution in [-0.2, 0) is 20.9 Å². The highest BCUT2D eigenvalue weighted by Crippen LogP contribution is 2.28. The van der Waals surface area contributed by atoms with E-state index in [0.29, 0.717) is 6.61 Å². The molecular formula is C18H16O3. The lowest BCUT2D eigenvalue weighted by Crippen LogP contribution is -2.10. The molecule has 3 aromatic carbocycles. The van der Waals surface area contributed by atoms with Crippen molar-refractivity contribution in [1.82, 2.24) is 0 Å². The molecule has 0 unspecified atom stereocenters. The van der Waals surface area contributed by atoms with Gasteiger partial charge in [-0.2, -0.15) is 0 Å². The summed E-state index contributed by atoms with van der Waals surface area (Å²) < 4.78 is 10.1. The molecule has 0 aromatic heterocycles. The highest BCUT2D eigenvalue weighted by Gasteiger charge is 2.08. The molecule has 0 N–H and O–H groups in total. The second kappa shape index (κ2) is 5.94. The Morgan fingerprint density at radius 2 is 1.52 bits per heavy atom. The highest BCUT2D eigenvalue weighted by atomic mass is 16.6. The minimum atomic E-state index is -0.362. The van der Waals surface area contributed by atoms with Gasteiger partial charge in [0.15, 0.2) is 0 Å². The molecule has 3 nitrogen and oxygen atoms in total. The van der Waals surface area contributed by atoms with Gasteiger partial charge in [0.25, 0.3) is 0 Å². The number of carbonyl (C=O) groups excluding carboxylic acids is 1. The molecule has 21 heavy (non-hydrogen) atoms. The van der Waals surface area contributed by atoms with Crippen LogP contribution in [0.3, 0.4) is 0 Å². The molecule has 0 aliphatic heterocycles. The topological polar surface area (TPSA) is 35.5 Å². The fourth-order valence-electron chi connectivity index (χ4n) is 2.56. The van der Waals surface area contributed by atoms with Crippen LogP contribution < -0.4 is 0 Å². The summed E-state index contributed by atoms with van der Waals surface area (Å²) in [6.45, 7) is 0.352. The zero-order chi connectivity index (χ0) is 14.7. The van der Waals surface area contributed by atoms with Crippen molar-refractivity contribution in [2.75, 3.05) is 13.7 Å². The SMILES string of the molecule is COC(=O)COCc1c2ccccc2cc2ccccc12. The third kappa shape index (κ3) is 2.73. The molecule has 0 atom stereocenters. The van der Waals surface area contributed by atoms with Gasteiger partial charge in [-0.3, -0.25) is 0 Å². The first-order chi connectivity index (χ1) is 10.3. The summed E-state index contributed by atoms with van der Waals surface area (Å²) in [5.41, 5.74) is 1.10. The van der Waals surface area contributed by atoms with Crippen LogP contribution in [0, 0.1) is 0 Å². The van der Waals surface area contributed by atoms with Crippen molar-refractivity contribution in [3.05, 3.63) is 60.2 Å². The Hall–Kier alpha value is -2.39. The zero-order valence-corrected chi connectivity index (χ0v) is 11.8. The van der Waals surface area contributed by atoms with Crippen LogP contribution in [0.4, 0.5) is 0 Å². The number of benzene rings is 3. The van der Waals surface area contributed by atoms with Crippen molar-refractivity contribution in [2.24, 2.45) is 0 Å². The zero-order valence-electron chi connectivity index (χ0n) is 11.8. The highest BCUT2D eigenvalue weighted by molar-refractivity contribution is 6.02. The van der Waals surface area contributed by atoms with E-state index in [1.807, 2.05) is 24.3 Å². The lowest BCUT2D eigenvalue weighted by Gasteiger charge is -2.11. The van der Waals surface area contributed by atoms with E-state index in [0.717, 1.165) is 16.3 Å². The Kier molecular flexibility index (Phi) is 3.84. The number of hydrogen-bond donors (Lipinski definition) is 0. The average Bonchev–Trinajstić information content (AvgIpc) is 2.54. The van der Waals surface area contributed by atoms with Crippen molar-refractivity contribution in [1.29, 1.82) is 0 Å². The molecule has 0 spiro atoms. The van der Waals surface area contributed by atoms with E-state index in [9.17, 15) is 4.79 Å². The standard InChI is InChI=1S/C18H16O3/c1-20-18(19)12-21-11-17-15-8-4-2-6-13(15)10-14-7-3-5-9-16(14)17/h2-10H,11-12H2,1H3. The Morgan fingerprint density at radius 1 is 0.952 bits per heavy atom. The predicted octanol–water partition coefficient (Wildman–Crippen LogP) is 3.68. The van der Waals surface area contributed by atoms with E-state index in [4.69, 9.17) is 4.74 Å². The van der Waals surface area contributed by atoms with Gasteiger partial charge in [0.2, 0.25) is 0 Å². The third-order valence-corrected chi connectivity index (χ3v) is 3.58. The molecule has 0 amide bonds. The second-order valence-electron chi connectivity index (χ2n) is 4.87. The van der Waals surface area contributed by atoms with Crippen LogP contribution in [0.5, 0.6) is 0 Å². The van der Waals surface area contributed by atoms with Gasteiger partial charge in [-0.25, -0.2) is 4.79 Å². The molecule has 0 saturated heterocycles. The van der Waals surface area contributed by atoms with Crippen LogP contribution in [0.15, 0.2) is 54.6 Å². The summed E-state index contributed by atoms with van der Waals surface area (Å²) >= 11 is 0. The van der Waals surface area contributed by atoms with Gasteiger partial charge in [-0.15, -0.1) is 0 Å². The van der Waals surface area contributed by atoms with Gasteiger partial charge in [-0.05, 0) is 33.2 Å². The van der Waals surface area contributed by atoms with Crippen LogP contribution in [-0.4, -0.2) is 19.7 Å². The Labute approximate surface area is 123 Å². The van der Waals surface area contributed by atoms with E-state index < -0.39 is 0 Å². The fraction of sp³-hybridized carbons (Fsp3) is 0.167. The maximum Gasteiger partial charge on any atom is 0.331 e. The number of methoxy groups -OCH3 is 1. The largest absolute Gasteiger partial charge is 0.467 e. The van der Waals surface area contributed by atoms with Gasteiger partial charge in [0, 0.05) is 0 Å². The fourth-order valence-corrected chi connectivity index (χ4v) is 2.56. The summed E-state index contributed by atoms with van der Waals surface area (Å²) in [6.07, 6.45) is 0. The molecule has 3 rings (SSSR count). The van der Waals surface area contributed by atoms with Crippen LogP contribution in [0.2, 0.25) is 0 Å². The van der Waals surface area contributed by atoms with Gasteiger partial charge in [0.1, 0.15) is 6.61 Å². The summed E-state index contributed by atoms with van der Waals surface area (Å²) in [7, 11) is 1.36. The molecule has 0 saturated carbocycles. The van der Waals surface area contributed by atoms with E-state index in [2.05, 4.69) is 35.1 Å². The molecule has 0 aliphatic carbocycles. The average molecular weight is 280 g/mol. The van der Waals surface area contributed by atoms with Gasteiger partial charge in [-0.1, -0.05) is 48.5 Å². The Morgan fingerprint density at radius 3 is 2.10 bits per heavy atom. The second-order valence-corrected chi connectivity index (χ2v) is 4.87. The minimum absolute atomic E-state index is 0.0337. The molecular weight excluding hydrogens is 264 g/mol. The van der Waals surface area contributed by atoms with Crippen molar-refractivity contribution >= 4 is 27.5 Å². The molecule has 3 aromatic rings. The van der Waals surface area contributed by atoms with Crippen LogP contribution in [0.1, 0.15) is 5.56 Å².